The number of rotatable bonds is 4. The lowest BCUT2D eigenvalue weighted by atomic mass is 10.1. The molecule has 110 valence electrons. The fourth-order valence-corrected chi connectivity index (χ4v) is 2.00. The van der Waals surface area contributed by atoms with Gasteiger partial charge in [0, 0.05) is 17.9 Å². The number of benzene rings is 1. The number of anilines is 2. The van der Waals surface area contributed by atoms with Crippen LogP contribution in [0.1, 0.15) is 35.3 Å². The van der Waals surface area contributed by atoms with E-state index in [1.807, 2.05) is 26.8 Å². The van der Waals surface area contributed by atoms with Crippen molar-refractivity contribution in [2.75, 3.05) is 5.32 Å². The van der Waals surface area contributed by atoms with Gasteiger partial charge in [-0.05, 0) is 51.0 Å². The van der Waals surface area contributed by atoms with Gasteiger partial charge in [-0.1, -0.05) is 12.1 Å². The normalized spacial score (nSPS) is 10.5. The second-order valence-corrected chi connectivity index (χ2v) is 5.53. The van der Waals surface area contributed by atoms with Crippen LogP contribution in [0.4, 0.5) is 11.4 Å². The lowest BCUT2D eigenvalue weighted by molar-refractivity contribution is 0.0943. The quantitative estimate of drug-likeness (QED) is 0.901. The summed E-state index contributed by atoms with van der Waals surface area (Å²) < 4.78 is 0. The standard InChI is InChI=1S/C17H21N3O/c1-11(2)19-17(21)14-8-15(10-18-9-14)20-16-7-12(3)5-6-13(16)4/h5-11,20H,1-4H3,(H,19,21). The van der Waals surface area contributed by atoms with E-state index in [1.54, 1.807) is 12.4 Å². The summed E-state index contributed by atoms with van der Waals surface area (Å²) in [6.07, 6.45) is 3.29. The molecule has 0 unspecified atom stereocenters. The number of nitrogens with one attached hydrogen (secondary N) is 2. The number of hydrogen-bond donors (Lipinski definition) is 2. The first kappa shape index (κ1) is 15.0. The molecule has 4 nitrogen and oxygen atoms in total. The van der Waals surface area contributed by atoms with Crippen molar-refractivity contribution >= 4 is 17.3 Å². The molecule has 0 spiro atoms. The minimum Gasteiger partial charge on any atom is -0.354 e. The number of hydrogen-bond acceptors (Lipinski definition) is 3. The van der Waals surface area contributed by atoms with Crippen LogP contribution in [-0.2, 0) is 0 Å². The molecule has 2 N–H and O–H groups in total. The summed E-state index contributed by atoms with van der Waals surface area (Å²) in [7, 11) is 0. The van der Waals surface area contributed by atoms with Gasteiger partial charge in [-0.15, -0.1) is 0 Å². The van der Waals surface area contributed by atoms with Crippen molar-refractivity contribution in [1.29, 1.82) is 0 Å². The molecule has 2 aromatic rings. The lowest BCUT2D eigenvalue weighted by Crippen LogP contribution is -2.30. The molecule has 1 aromatic carbocycles. The van der Waals surface area contributed by atoms with Gasteiger partial charge in [-0.3, -0.25) is 9.78 Å². The van der Waals surface area contributed by atoms with E-state index in [1.165, 1.54) is 5.56 Å². The van der Waals surface area contributed by atoms with Crippen molar-refractivity contribution in [2.45, 2.75) is 33.7 Å². The first-order valence-corrected chi connectivity index (χ1v) is 7.06. The molecule has 0 atom stereocenters. The first-order valence-electron chi connectivity index (χ1n) is 7.06. The van der Waals surface area contributed by atoms with Gasteiger partial charge < -0.3 is 10.6 Å². The fourth-order valence-electron chi connectivity index (χ4n) is 2.00. The van der Waals surface area contributed by atoms with Crippen LogP contribution in [0.25, 0.3) is 0 Å². The predicted molar refractivity (Wildman–Crippen MR) is 86.0 cm³/mol. The van der Waals surface area contributed by atoms with Crippen molar-refractivity contribution in [3.63, 3.8) is 0 Å². The summed E-state index contributed by atoms with van der Waals surface area (Å²) in [6, 6.07) is 8.14. The van der Waals surface area contributed by atoms with E-state index in [2.05, 4.69) is 40.7 Å². The van der Waals surface area contributed by atoms with Crippen molar-refractivity contribution in [2.24, 2.45) is 0 Å². The summed E-state index contributed by atoms with van der Waals surface area (Å²) in [5.74, 6) is -0.109. The number of pyridine rings is 1. The van der Waals surface area contributed by atoms with E-state index in [4.69, 9.17) is 0 Å². The third kappa shape index (κ3) is 4.05. The Hall–Kier alpha value is -2.36. The molecule has 1 heterocycles. The number of aromatic nitrogens is 1. The zero-order valence-corrected chi connectivity index (χ0v) is 12.9. The van der Waals surface area contributed by atoms with Crippen molar-refractivity contribution in [3.8, 4) is 0 Å². The average molecular weight is 283 g/mol. The Labute approximate surface area is 125 Å². The fraction of sp³-hybridized carbons (Fsp3) is 0.294. The molecule has 4 heteroatoms. The van der Waals surface area contributed by atoms with Crippen LogP contribution in [0.2, 0.25) is 0 Å². The second kappa shape index (κ2) is 6.39. The Morgan fingerprint density at radius 3 is 2.62 bits per heavy atom. The number of carbonyl (C=O) groups is 1. The van der Waals surface area contributed by atoms with Crippen LogP contribution < -0.4 is 10.6 Å². The third-order valence-electron chi connectivity index (χ3n) is 3.09. The lowest BCUT2D eigenvalue weighted by Gasteiger charge is -2.12. The molecule has 0 aliphatic heterocycles. The molecule has 2 rings (SSSR count). The highest BCUT2D eigenvalue weighted by atomic mass is 16.1. The van der Waals surface area contributed by atoms with Crippen LogP contribution in [-0.4, -0.2) is 16.9 Å². The molecule has 0 fully saturated rings. The Morgan fingerprint density at radius 2 is 1.90 bits per heavy atom. The second-order valence-electron chi connectivity index (χ2n) is 5.53. The smallest absolute Gasteiger partial charge is 0.253 e. The van der Waals surface area contributed by atoms with Crippen LogP contribution in [0, 0.1) is 13.8 Å². The number of amides is 1. The molecule has 0 aliphatic rings. The molecular weight excluding hydrogens is 262 g/mol. The summed E-state index contributed by atoms with van der Waals surface area (Å²) in [4.78, 5) is 16.1. The molecule has 1 aromatic heterocycles. The Bertz CT molecular complexity index is 650. The summed E-state index contributed by atoms with van der Waals surface area (Å²) in [6.45, 7) is 7.97. The summed E-state index contributed by atoms with van der Waals surface area (Å²) in [5.41, 5.74) is 4.72. The number of aryl methyl sites for hydroxylation is 2. The highest BCUT2D eigenvalue weighted by molar-refractivity contribution is 5.95. The third-order valence-corrected chi connectivity index (χ3v) is 3.09. The van der Waals surface area contributed by atoms with Gasteiger partial charge in [0.1, 0.15) is 0 Å². The molecule has 0 saturated heterocycles. The summed E-state index contributed by atoms with van der Waals surface area (Å²) in [5, 5.41) is 6.18. The van der Waals surface area contributed by atoms with Gasteiger partial charge >= 0.3 is 0 Å². The van der Waals surface area contributed by atoms with Gasteiger partial charge in [-0.2, -0.15) is 0 Å². The Kier molecular flexibility index (Phi) is 4.58. The molecule has 0 radical (unpaired) electrons. The maximum atomic E-state index is 12.0. The van der Waals surface area contributed by atoms with Crippen molar-refractivity contribution < 1.29 is 4.79 Å². The van der Waals surface area contributed by atoms with Gasteiger partial charge in [0.15, 0.2) is 0 Å². The molecule has 1 amide bonds. The topological polar surface area (TPSA) is 54.0 Å². The van der Waals surface area contributed by atoms with Crippen LogP contribution in [0.5, 0.6) is 0 Å². The zero-order valence-electron chi connectivity index (χ0n) is 12.9. The number of nitrogens with zero attached hydrogens (tertiary/aromatic N) is 1. The van der Waals surface area contributed by atoms with E-state index < -0.39 is 0 Å². The van der Waals surface area contributed by atoms with Gasteiger partial charge in [0.05, 0.1) is 17.4 Å². The van der Waals surface area contributed by atoms with E-state index in [0.29, 0.717) is 5.56 Å². The molecule has 0 bridgehead atoms. The Balaban J connectivity index is 2.21. The monoisotopic (exact) mass is 283 g/mol. The van der Waals surface area contributed by atoms with Crippen LogP contribution in [0.3, 0.4) is 0 Å². The molecule has 21 heavy (non-hydrogen) atoms. The van der Waals surface area contributed by atoms with Crippen LogP contribution in [0.15, 0.2) is 36.7 Å². The summed E-state index contributed by atoms with van der Waals surface area (Å²) >= 11 is 0. The SMILES string of the molecule is Cc1ccc(C)c(Nc2cncc(C(=O)NC(C)C)c2)c1. The predicted octanol–water partition coefficient (Wildman–Crippen LogP) is 3.58. The first-order chi connectivity index (χ1) is 9.95. The minimum absolute atomic E-state index is 0.105. The molecule has 0 saturated carbocycles. The van der Waals surface area contributed by atoms with Crippen LogP contribution >= 0.6 is 0 Å². The molecule has 0 aliphatic carbocycles. The van der Waals surface area contributed by atoms with Gasteiger partial charge in [0.2, 0.25) is 0 Å². The molecular formula is C17H21N3O. The highest BCUT2D eigenvalue weighted by Crippen LogP contribution is 2.21. The highest BCUT2D eigenvalue weighted by Gasteiger charge is 2.08. The zero-order chi connectivity index (χ0) is 15.4. The van der Waals surface area contributed by atoms with Crippen molar-refractivity contribution in [3.05, 3.63) is 53.3 Å². The average Bonchev–Trinajstić information content (AvgIpc) is 2.42. The number of carbonyl (C=O) groups excluding carboxylic acids is 1. The van der Waals surface area contributed by atoms with E-state index >= 15 is 0 Å². The largest absolute Gasteiger partial charge is 0.354 e. The van der Waals surface area contributed by atoms with Crippen molar-refractivity contribution in [1.82, 2.24) is 10.3 Å². The van der Waals surface area contributed by atoms with Gasteiger partial charge in [0.25, 0.3) is 5.91 Å². The van der Waals surface area contributed by atoms with Gasteiger partial charge in [-0.25, -0.2) is 0 Å². The van der Waals surface area contributed by atoms with E-state index in [0.717, 1.165) is 16.9 Å². The maximum absolute atomic E-state index is 12.0. The van der Waals surface area contributed by atoms with E-state index in [9.17, 15) is 4.79 Å². The minimum atomic E-state index is -0.109. The Morgan fingerprint density at radius 1 is 1.14 bits per heavy atom. The van der Waals surface area contributed by atoms with E-state index in [-0.39, 0.29) is 11.9 Å². The maximum Gasteiger partial charge on any atom is 0.253 e.